The highest BCUT2D eigenvalue weighted by Gasteiger charge is 2.21. The summed E-state index contributed by atoms with van der Waals surface area (Å²) in [6.07, 6.45) is -0.253. The predicted octanol–water partition coefficient (Wildman–Crippen LogP) is 4.35. The standard InChI is InChI=1S/C17H17ClN2O4/c1-3-15(24-16-7-5-4-6-11(16)2)17(21)19-12-8-9-13(18)14(10-12)20(22)23/h4-10,15H,3H2,1-2H3,(H,19,21). The van der Waals surface area contributed by atoms with Gasteiger partial charge in [0.15, 0.2) is 6.10 Å². The highest BCUT2D eigenvalue weighted by molar-refractivity contribution is 6.32. The molecule has 2 aromatic rings. The van der Waals surface area contributed by atoms with Gasteiger partial charge in [0.25, 0.3) is 11.6 Å². The molecule has 0 aliphatic carbocycles. The van der Waals surface area contributed by atoms with Gasteiger partial charge in [0.1, 0.15) is 10.8 Å². The van der Waals surface area contributed by atoms with Crippen LogP contribution in [0.2, 0.25) is 5.02 Å². The van der Waals surface area contributed by atoms with Gasteiger partial charge in [-0.2, -0.15) is 0 Å². The molecule has 0 spiro atoms. The Morgan fingerprint density at radius 1 is 1.33 bits per heavy atom. The molecule has 7 heteroatoms. The summed E-state index contributed by atoms with van der Waals surface area (Å²) in [7, 11) is 0. The van der Waals surface area contributed by atoms with E-state index in [4.69, 9.17) is 16.3 Å². The van der Waals surface area contributed by atoms with Gasteiger partial charge in [-0.05, 0) is 37.1 Å². The van der Waals surface area contributed by atoms with Crippen LogP contribution in [0.5, 0.6) is 5.75 Å². The molecule has 1 atom stereocenters. The molecule has 0 aliphatic rings. The van der Waals surface area contributed by atoms with Crippen LogP contribution >= 0.6 is 11.6 Å². The summed E-state index contributed by atoms with van der Waals surface area (Å²) < 4.78 is 5.76. The summed E-state index contributed by atoms with van der Waals surface area (Å²) in [5.74, 6) is 0.249. The number of hydrogen-bond donors (Lipinski definition) is 1. The minimum absolute atomic E-state index is 0.0150. The number of benzene rings is 2. The van der Waals surface area contributed by atoms with Gasteiger partial charge in [-0.1, -0.05) is 36.7 Å². The second-order valence-electron chi connectivity index (χ2n) is 5.19. The molecule has 0 aromatic heterocycles. The molecule has 0 aliphatic heterocycles. The summed E-state index contributed by atoms with van der Waals surface area (Å²) in [5, 5.41) is 13.6. The molecule has 0 radical (unpaired) electrons. The summed E-state index contributed by atoms with van der Waals surface area (Å²) in [6.45, 7) is 3.72. The molecule has 0 saturated heterocycles. The molecule has 24 heavy (non-hydrogen) atoms. The fourth-order valence-electron chi connectivity index (χ4n) is 2.12. The van der Waals surface area contributed by atoms with Crippen molar-refractivity contribution in [1.82, 2.24) is 0 Å². The van der Waals surface area contributed by atoms with Crippen LogP contribution in [-0.2, 0) is 4.79 Å². The maximum Gasteiger partial charge on any atom is 0.289 e. The van der Waals surface area contributed by atoms with Crippen LogP contribution in [-0.4, -0.2) is 16.9 Å². The number of ether oxygens (including phenoxy) is 1. The lowest BCUT2D eigenvalue weighted by atomic mass is 10.2. The van der Waals surface area contributed by atoms with Gasteiger partial charge < -0.3 is 10.1 Å². The lowest BCUT2D eigenvalue weighted by molar-refractivity contribution is -0.384. The molecule has 2 aromatic carbocycles. The number of carbonyl (C=O) groups excluding carboxylic acids is 1. The lowest BCUT2D eigenvalue weighted by Crippen LogP contribution is -2.32. The van der Waals surface area contributed by atoms with Crippen molar-refractivity contribution in [1.29, 1.82) is 0 Å². The molecule has 6 nitrogen and oxygen atoms in total. The average molecular weight is 349 g/mol. The molecular weight excluding hydrogens is 332 g/mol. The van der Waals surface area contributed by atoms with Crippen LogP contribution in [0.15, 0.2) is 42.5 Å². The average Bonchev–Trinajstić information content (AvgIpc) is 2.55. The van der Waals surface area contributed by atoms with E-state index >= 15 is 0 Å². The number of rotatable bonds is 6. The first-order valence-electron chi connectivity index (χ1n) is 7.39. The predicted molar refractivity (Wildman–Crippen MR) is 92.6 cm³/mol. The maximum absolute atomic E-state index is 12.4. The summed E-state index contributed by atoms with van der Waals surface area (Å²) in [5.41, 5.74) is 0.955. The van der Waals surface area contributed by atoms with Gasteiger partial charge in [0.05, 0.1) is 4.92 Å². The second-order valence-corrected chi connectivity index (χ2v) is 5.60. The Hall–Kier alpha value is -2.60. The molecule has 0 bridgehead atoms. The number of nitro benzene ring substituents is 1. The van der Waals surface area contributed by atoms with E-state index in [9.17, 15) is 14.9 Å². The van der Waals surface area contributed by atoms with Crippen LogP contribution in [0.1, 0.15) is 18.9 Å². The normalized spacial score (nSPS) is 11.6. The van der Waals surface area contributed by atoms with Crippen LogP contribution in [0.4, 0.5) is 11.4 Å². The van der Waals surface area contributed by atoms with E-state index in [0.29, 0.717) is 17.9 Å². The fourth-order valence-corrected chi connectivity index (χ4v) is 2.30. The first-order valence-corrected chi connectivity index (χ1v) is 7.77. The van der Waals surface area contributed by atoms with Crippen molar-refractivity contribution in [3.8, 4) is 5.75 Å². The topological polar surface area (TPSA) is 81.5 Å². The van der Waals surface area contributed by atoms with Crippen molar-refractivity contribution >= 4 is 28.9 Å². The number of nitro groups is 1. The van der Waals surface area contributed by atoms with E-state index < -0.39 is 11.0 Å². The summed E-state index contributed by atoms with van der Waals surface area (Å²) >= 11 is 5.76. The Bertz CT molecular complexity index is 764. The number of hydrogen-bond acceptors (Lipinski definition) is 4. The quantitative estimate of drug-likeness (QED) is 0.621. The molecule has 2 rings (SSSR count). The Balaban J connectivity index is 2.14. The zero-order valence-corrected chi connectivity index (χ0v) is 14.0. The minimum atomic E-state index is -0.708. The number of carbonyl (C=O) groups is 1. The number of halogens is 1. The number of amides is 1. The molecule has 1 amide bonds. The third kappa shape index (κ3) is 4.23. The van der Waals surface area contributed by atoms with Gasteiger partial charge in [-0.25, -0.2) is 0 Å². The van der Waals surface area contributed by atoms with Crippen molar-refractivity contribution in [2.45, 2.75) is 26.4 Å². The van der Waals surface area contributed by atoms with E-state index in [2.05, 4.69) is 5.32 Å². The monoisotopic (exact) mass is 348 g/mol. The third-order valence-corrected chi connectivity index (χ3v) is 3.76. The number of nitrogens with zero attached hydrogens (tertiary/aromatic N) is 1. The van der Waals surface area contributed by atoms with Crippen molar-refractivity contribution in [3.05, 3.63) is 63.2 Å². The van der Waals surface area contributed by atoms with Gasteiger partial charge >= 0.3 is 0 Å². The minimum Gasteiger partial charge on any atom is -0.480 e. The molecule has 0 heterocycles. The van der Waals surface area contributed by atoms with Gasteiger partial charge in [0.2, 0.25) is 0 Å². The van der Waals surface area contributed by atoms with Crippen LogP contribution in [0.25, 0.3) is 0 Å². The zero-order chi connectivity index (χ0) is 17.7. The van der Waals surface area contributed by atoms with E-state index in [1.165, 1.54) is 18.2 Å². The lowest BCUT2D eigenvalue weighted by Gasteiger charge is -2.18. The Morgan fingerprint density at radius 2 is 2.04 bits per heavy atom. The first-order chi connectivity index (χ1) is 11.4. The molecule has 0 saturated carbocycles. The van der Waals surface area contributed by atoms with E-state index in [-0.39, 0.29) is 16.6 Å². The summed E-state index contributed by atoms with van der Waals surface area (Å²) in [4.78, 5) is 22.7. The SMILES string of the molecule is CCC(Oc1ccccc1C)C(=O)Nc1ccc(Cl)c([N+](=O)[O-])c1. The molecule has 1 N–H and O–H groups in total. The zero-order valence-electron chi connectivity index (χ0n) is 13.3. The van der Waals surface area contributed by atoms with Crippen LogP contribution in [0, 0.1) is 17.0 Å². The largest absolute Gasteiger partial charge is 0.480 e. The molecule has 1 unspecified atom stereocenters. The second kappa shape index (κ2) is 7.79. The van der Waals surface area contributed by atoms with Crippen molar-refractivity contribution in [2.24, 2.45) is 0 Å². The van der Waals surface area contributed by atoms with E-state index in [1.807, 2.05) is 32.0 Å². The van der Waals surface area contributed by atoms with Gasteiger partial charge in [-0.15, -0.1) is 0 Å². The molecule has 126 valence electrons. The number of nitrogens with one attached hydrogen (secondary N) is 1. The van der Waals surface area contributed by atoms with Crippen LogP contribution < -0.4 is 10.1 Å². The Kier molecular flexibility index (Phi) is 5.76. The smallest absolute Gasteiger partial charge is 0.289 e. The maximum atomic E-state index is 12.4. The van der Waals surface area contributed by atoms with Gasteiger partial charge in [-0.3, -0.25) is 14.9 Å². The summed E-state index contributed by atoms with van der Waals surface area (Å²) in [6, 6.07) is 11.5. The third-order valence-electron chi connectivity index (χ3n) is 3.44. The van der Waals surface area contributed by atoms with E-state index in [0.717, 1.165) is 5.56 Å². The Labute approximate surface area is 144 Å². The van der Waals surface area contributed by atoms with Crippen molar-refractivity contribution in [2.75, 3.05) is 5.32 Å². The number of anilines is 1. The first kappa shape index (κ1) is 17.7. The Morgan fingerprint density at radius 3 is 2.67 bits per heavy atom. The highest BCUT2D eigenvalue weighted by Crippen LogP contribution is 2.27. The highest BCUT2D eigenvalue weighted by atomic mass is 35.5. The number of para-hydroxylation sites is 1. The van der Waals surface area contributed by atoms with Crippen molar-refractivity contribution < 1.29 is 14.5 Å². The van der Waals surface area contributed by atoms with E-state index in [1.54, 1.807) is 6.07 Å². The van der Waals surface area contributed by atoms with Crippen LogP contribution in [0.3, 0.4) is 0 Å². The fraction of sp³-hybridized carbons (Fsp3) is 0.235. The molecule has 0 fully saturated rings. The van der Waals surface area contributed by atoms with Gasteiger partial charge in [0, 0.05) is 11.8 Å². The number of aryl methyl sites for hydroxylation is 1. The van der Waals surface area contributed by atoms with Crippen molar-refractivity contribution in [3.63, 3.8) is 0 Å². The molecular formula is C17H17ClN2O4.